The molecule has 1 aromatic carbocycles. The zero-order chi connectivity index (χ0) is 14.9. The fourth-order valence-corrected chi connectivity index (χ4v) is 3.02. The van der Waals surface area contributed by atoms with Gasteiger partial charge >= 0.3 is 0 Å². The summed E-state index contributed by atoms with van der Waals surface area (Å²) in [5.41, 5.74) is 2.05. The van der Waals surface area contributed by atoms with Crippen LogP contribution in [-0.2, 0) is 21.4 Å². The van der Waals surface area contributed by atoms with Crippen LogP contribution in [0.25, 0.3) is 0 Å². The number of rotatable bonds is 3. The van der Waals surface area contributed by atoms with Gasteiger partial charge in [-0.25, -0.2) is 5.14 Å². The molecular weight excluding hydrogens is 278 g/mol. The van der Waals surface area contributed by atoms with E-state index in [4.69, 9.17) is 10.4 Å². The van der Waals surface area contributed by atoms with Gasteiger partial charge in [0.1, 0.15) is 5.78 Å². The van der Waals surface area contributed by atoms with Crippen molar-refractivity contribution in [2.75, 3.05) is 4.72 Å². The first-order valence-corrected chi connectivity index (χ1v) is 7.72. The SMILES string of the molecule is C[C@@H](C#N)[C@H]1C(=O)CCc2cc(NS(N)(=O)=O)ccc21. The molecule has 0 heterocycles. The van der Waals surface area contributed by atoms with Crippen molar-refractivity contribution in [2.24, 2.45) is 11.1 Å². The number of Topliss-reactive ketones (excluding diaryl/α,β-unsaturated/α-hetero) is 1. The molecule has 0 spiro atoms. The molecule has 0 aliphatic heterocycles. The summed E-state index contributed by atoms with van der Waals surface area (Å²) in [6.07, 6.45) is 0.908. The number of nitrogens with zero attached hydrogens (tertiary/aromatic N) is 1. The second-order valence-electron chi connectivity index (χ2n) is 4.92. The highest BCUT2D eigenvalue weighted by Gasteiger charge is 2.32. The molecule has 0 bridgehead atoms. The van der Waals surface area contributed by atoms with Gasteiger partial charge in [-0.1, -0.05) is 6.07 Å². The normalized spacial score (nSPS) is 19.9. The lowest BCUT2D eigenvalue weighted by molar-refractivity contribution is -0.121. The van der Waals surface area contributed by atoms with Gasteiger partial charge in [0.15, 0.2) is 0 Å². The standard InChI is InChI=1S/C13H15N3O3S/c1-8(7-14)13-11-4-3-10(16-20(15,18)19)6-9(11)2-5-12(13)17/h3-4,6,8,13,16H,2,5H2,1H3,(H2,15,18,19)/t8-,13+/m0/s1. The molecule has 2 atom stereocenters. The largest absolute Gasteiger partial charge is 0.299 e. The van der Waals surface area contributed by atoms with Crippen molar-refractivity contribution in [1.29, 1.82) is 5.26 Å². The van der Waals surface area contributed by atoms with E-state index in [1.54, 1.807) is 25.1 Å². The number of fused-ring (bicyclic) bond motifs is 1. The Morgan fingerprint density at radius 3 is 2.75 bits per heavy atom. The smallest absolute Gasteiger partial charge is 0.296 e. The van der Waals surface area contributed by atoms with E-state index in [9.17, 15) is 13.2 Å². The summed E-state index contributed by atoms with van der Waals surface area (Å²) in [4.78, 5) is 12.0. The molecule has 0 amide bonds. The second-order valence-corrected chi connectivity index (χ2v) is 6.22. The van der Waals surface area contributed by atoms with Gasteiger partial charge in [0, 0.05) is 6.42 Å². The number of benzene rings is 1. The van der Waals surface area contributed by atoms with E-state index in [0.717, 1.165) is 11.1 Å². The van der Waals surface area contributed by atoms with E-state index in [1.165, 1.54) is 0 Å². The molecule has 1 aromatic rings. The Hall–Kier alpha value is -1.91. The Morgan fingerprint density at radius 2 is 2.15 bits per heavy atom. The topological polar surface area (TPSA) is 113 Å². The Kier molecular flexibility index (Phi) is 3.79. The first-order chi connectivity index (χ1) is 9.31. The third-order valence-corrected chi connectivity index (χ3v) is 3.95. The summed E-state index contributed by atoms with van der Waals surface area (Å²) < 4.78 is 24.2. The third-order valence-electron chi connectivity index (χ3n) is 3.43. The van der Waals surface area contributed by atoms with E-state index < -0.39 is 22.0 Å². The lowest BCUT2D eigenvalue weighted by Crippen LogP contribution is -2.26. The van der Waals surface area contributed by atoms with Crippen LogP contribution in [-0.4, -0.2) is 14.2 Å². The first-order valence-electron chi connectivity index (χ1n) is 6.17. The average molecular weight is 293 g/mol. The van der Waals surface area contributed by atoms with Crippen LogP contribution in [0.4, 0.5) is 5.69 Å². The van der Waals surface area contributed by atoms with Crippen molar-refractivity contribution in [3.63, 3.8) is 0 Å². The van der Waals surface area contributed by atoms with Crippen LogP contribution >= 0.6 is 0 Å². The quantitative estimate of drug-likeness (QED) is 0.867. The molecule has 7 heteroatoms. The van der Waals surface area contributed by atoms with E-state index in [0.29, 0.717) is 18.5 Å². The maximum absolute atomic E-state index is 12.0. The number of carbonyl (C=O) groups is 1. The maximum atomic E-state index is 12.0. The number of aryl methyl sites for hydroxylation is 1. The van der Waals surface area contributed by atoms with Gasteiger partial charge < -0.3 is 0 Å². The van der Waals surface area contributed by atoms with Crippen molar-refractivity contribution >= 4 is 21.7 Å². The van der Waals surface area contributed by atoms with Crippen LogP contribution in [0, 0.1) is 17.2 Å². The predicted octanol–water partition coefficient (Wildman–Crippen LogP) is 1.06. The van der Waals surface area contributed by atoms with Gasteiger partial charge in [0.05, 0.1) is 23.6 Å². The molecule has 1 aliphatic carbocycles. The predicted molar refractivity (Wildman–Crippen MR) is 74.0 cm³/mol. The van der Waals surface area contributed by atoms with Gasteiger partial charge in [-0.15, -0.1) is 0 Å². The number of carbonyl (C=O) groups excluding carboxylic acids is 1. The van der Waals surface area contributed by atoms with Crippen LogP contribution in [0.3, 0.4) is 0 Å². The van der Waals surface area contributed by atoms with Gasteiger partial charge in [0.2, 0.25) is 0 Å². The summed E-state index contributed by atoms with van der Waals surface area (Å²) >= 11 is 0. The molecule has 0 saturated heterocycles. The summed E-state index contributed by atoms with van der Waals surface area (Å²) in [6.45, 7) is 1.72. The maximum Gasteiger partial charge on any atom is 0.296 e. The molecule has 0 aromatic heterocycles. The number of anilines is 1. The molecule has 0 unspecified atom stereocenters. The van der Waals surface area contributed by atoms with Crippen LogP contribution in [0.5, 0.6) is 0 Å². The fraction of sp³-hybridized carbons (Fsp3) is 0.385. The highest BCUT2D eigenvalue weighted by molar-refractivity contribution is 7.90. The minimum atomic E-state index is -3.82. The highest BCUT2D eigenvalue weighted by atomic mass is 32.2. The molecule has 3 N–H and O–H groups in total. The lowest BCUT2D eigenvalue weighted by atomic mass is 9.76. The van der Waals surface area contributed by atoms with E-state index in [-0.39, 0.29) is 5.78 Å². The lowest BCUT2D eigenvalue weighted by Gasteiger charge is -2.26. The average Bonchev–Trinajstić information content (AvgIpc) is 2.36. The van der Waals surface area contributed by atoms with Crippen LogP contribution < -0.4 is 9.86 Å². The van der Waals surface area contributed by atoms with Gasteiger partial charge in [-0.05, 0) is 36.6 Å². The summed E-state index contributed by atoms with van der Waals surface area (Å²) in [7, 11) is -3.82. The molecule has 0 radical (unpaired) electrons. The minimum absolute atomic E-state index is 0.0544. The first kappa shape index (κ1) is 14.5. The van der Waals surface area contributed by atoms with E-state index in [1.807, 2.05) is 0 Å². The Morgan fingerprint density at radius 1 is 1.45 bits per heavy atom. The summed E-state index contributed by atoms with van der Waals surface area (Å²) in [6, 6.07) is 7.02. The van der Waals surface area contributed by atoms with Gasteiger partial charge in [-0.2, -0.15) is 13.7 Å². The molecule has 2 rings (SSSR count). The Bertz CT molecular complexity index is 691. The van der Waals surface area contributed by atoms with Crippen molar-refractivity contribution in [2.45, 2.75) is 25.7 Å². The Balaban J connectivity index is 2.41. The van der Waals surface area contributed by atoms with E-state index >= 15 is 0 Å². The minimum Gasteiger partial charge on any atom is -0.299 e. The number of hydrogen-bond acceptors (Lipinski definition) is 4. The van der Waals surface area contributed by atoms with Gasteiger partial charge in [0.25, 0.3) is 10.2 Å². The third kappa shape index (κ3) is 2.98. The molecule has 6 nitrogen and oxygen atoms in total. The van der Waals surface area contributed by atoms with Crippen LogP contribution in [0.2, 0.25) is 0 Å². The molecule has 0 saturated carbocycles. The van der Waals surface area contributed by atoms with Gasteiger partial charge in [-0.3, -0.25) is 9.52 Å². The molecule has 0 fully saturated rings. The summed E-state index contributed by atoms with van der Waals surface area (Å²) in [5, 5.41) is 14.0. The number of hydrogen-bond donors (Lipinski definition) is 2. The number of nitriles is 1. The summed E-state index contributed by atoms with van der Waals surface area (Å²) in [5.74, 6) is -0.787. The Labute approximate surface area is 117 Å². The number of ketones is 1. The van der Waals surface area contributed by atoms with Crippen molar-refractivity contribution in [1.82, 2.24) is 0 Å². The van der Waals surface area contributed by atoms with Crippen LogP contribution in [0.15, 0.2) is 18.2 Å². The zero-order valence-electron chi connectivity index (χ0n) is 11.0. The van der Waals surface area contributed by atoms with E-state index in [2.05, 4.69) is 10.8 Å². The molecular formula is C13H15N3O3S. The van der Waals surface area contributed by atoms with Crippen molar-refractivity contribution < 1.29 is 13.2 Å². The molecule has 20 heavy (non-hydrogen) atoms. The van der Waals surface area contributed by atoms with Crippen molar-refractivity contribution in [3.8, 4) is 6.07 Å². The number of nitrogens with two attached hydrogens (primary N) is 1. The van der Waals surface area contributed by atoms with Crippen molar-refractivity contribution in [3.05, 3.63) is 29.3 Å². The highest BCUT2D eigenvalue weighted by Crippen LogP contribution is 2.35. The fourth-order valence-electron chi connectivity index (χ4n) is 2.56. The van der Waals surface area contributed by atoms with Crippen LogP contribution in [0.1, 0.15) is 30.4 Å². The zero-order valence-corrected chi connectivity index (χ0v) is 11.8. The second kappa shape index (κ2) is 5.23. The molecule has 106 valence electrons. The number of nitrogens with one attached hydrogen (secondary N) is 1. The monoisotopic (exact) mass is 293 g/mol. The molecule has 1 aliphatic rings.